The van der Waals surface area contributed by atoms with Crippen LogP contribution in [0.15, 0.2) is 42.5 Å². The molecule has 184 valence electrons. The molecule has 2 aliphatic carbocycles. The number of aryl methyl sites for hydroxylation is 1. The van der Waals surface area contributed by atoms with E-state index in [-0.39, 0.29) is 18.1 Å². The average Bonchev–Trinajstić information content (AvgIpc) is 3.57. The van der Waals surface area contributed by atoms with Gasteiger partial charge in [0, 0.05) is 35.7 Å². The van der Waals surface area contributed by atoms with E-state index in [0.29, 0.717) is 36.1 Å². The Morgan fingerprint density at radius 1 is 1.17 bits per heavy atom. The van der Waals surface area contributed by atoms with Crippen molar-refractivity contribution in [1.29, 1.82) is 0 Å². The molecule has 2 N–H and O–H groups in total. The molecule has 1 atom stereocenters. The molecule has 0 aromatic heterocycles. The van der Waals surface area contributed by atoms with Gasteiger partial charge in [-0.05, 0) is 67.0 Å². The SMILES string of the molecule is CC1(C(=O)N2CCC(=CC(=O)Nc3cccc4c3CC(O)CC4)c3ccc(C(F)(F)F)cc32)CC1. The van der Waals surface area contributed by atoms with Crippen molar-refractivity contribution in [2.75, 3.05) is 16.8 Å². The Bertz CT molecular complexity index is 1230. The maximum absolute atomic E-state index is 13.4. The van der Waals surface area contributed by atoms with Gasteiger partial charge in [0.15, 0.2) is 0 Å². The van der Waals surface area contributed by atoms with Gasteiger partial charge in [-0.15, -0.1) is 0 Å². The van der Waals surface area contributed by atoms with E-state index in [1.807, 2.05) is 19.1 Å². The largest absolute Gasteiger partial charge is 0.416 e. The molecule has 0 bridgehead atoms. The second-order valence-corrected chi connectivity index (χ2v) is 10.00. The minimum atomic E-state index is -4.54. The van der Waals surface area contributed by atoms with Crippen LogP contribution in [0.3, 0.4) is 0 Å². The second-order valence-electron chi connectivity index (χ2n) is 10.00. The third-order valence-corrected chi connectivity index (χ3v) is 7.35. The van der Waals surface area contributed by atoms with Crippen molar-refractivity contribution in [3.63, 3.8) is 0 Å². The number of nitrogens with one attached hydrogen (secondary N) is 1. The van der Waals surface area contributed by atoms with Crippen molar-refractivity contribution in [2.45, 2.75) is 57.7 Å². The first-order valence-electron chi connectivity index (χ1n) is 11.9. The summed E-state index contributed by atoms with van der Waals surface area (Å²) >= 11 is 0. The highest BCUT2D eigenvalue weighted by Crippen LogP contribution is 2.49. The number of anilines is 2. The summed E-state index contributed by atoms with van der Waals surface area (Å²) in [4.78, 5) is 27.5. The van der Waals surface area contributed by atoms with Crippen molar-refractivity contribution in [2.24, 2.45) is 5.41 Å². The van der Waals surface area contributed by atoms with Crippen LogP contribution >= 0.6 is 0 Å². The number of amides is 2. The number of alkyl halides is 3. The summed E-state index contributed by atoms with van der Waals surface area (Å²) in [6.07, 6.45) is 0.0897. The van der Waals surface area contributed by atoms with Crippen molar-refractivity contribution in [1.82, 2.24) is 0 Å². The number of fused-ring (bicyclic) bond motifs is 2. The predicted molar refractivity (Wildman–Crippen MR) is 127 cm³/mol. The van der Waals surface area contributed by atoms with Gasteiger partial charge in [-0.3, -0.25) is 9.59 Å². The summed E-state index contributed by atoms with van der Waals surface area (Å²) in [6.45, 7) is 2.05. The van der Waals surface area contributed by atoms with Crippen LogP contribution in [0.4, 0.5) is 24.5 Å². The van der Waals surface area contributed by atoms with E-state index in [0.717, 1.165) is 42.5 Å². The molecule has 1 unspecified atom stereocenters. The van der Waals surface area contributed by atoms with Crippen LogP contribution < -0.4 is 10.2 Å². The van der Waals surface area contributed by atoms with Gasteiger partial charge in [-0.1, -0.05) is 25.1 Å². The van der Waals surface area contributed by atoms with Crippen molar-refractivity contribution in [3.8, 4) is 0 Å². The Balaban J connectivity index is 1.46. The Hall–Kier alpha value is -3.13. The van der Waals surface area contributed by atoms with Gasteiger partial charge in [0.1, 0.15) is 0 Å². The maximum atomic E-state index is 13.4. The van der Waals surface area contributed by atoms with Crippen molar-refractivity contribution >= 4 is 28.8 Å². The van der Waals surface area contributed by atoms with E-state index in [2.05, 4.69) is 5.32 Å². The number of aliphatic hydroxyl groups excluding tert-OH is 1. The van der Waals surface area contributed by atoms with Gasteiger partial charge in [0.2, 0.25) is 11.8 Å². The number of hydrogen-bond acceptors (Lipinski definition) is 3. The lowest BCUT2D eigenvalue weighted by Gasteiger charge is -2.33. The number of halogens is 3. The molecule has 1 aliphatic heterocycles. The molecule has 5 nitrogen and oxygen atoms in total. The number of carbonyl (C=O) groups is 2. The van der Waals surface area contributed by atoms with Gasteiger partial charge in [-0.2, -0.15) is 13.2 Å². The van der Waals surface area contributed by atoms with Crippen molar-refractivity contribution in [3.05, 3.63) is 64.7 Å². The molecule has 0 radical (unpaired) electrons. The Morgan fingerprint density at radius 3 is 2.66 bits per heavy atom. The Labute approximate surface area is 201 Å². The first-order chi connectivity index (χ1) is 16.5. The predicted octanol–water partition coefficient (Wildman–Crippen LogP) is 5.11. The number of aliphatic hydroxyl groups is 1. The summed E-state index contributed by atoms with van der Waals surface area (Å²) in [6, 6.07) is 8.99. The molecule has 35 heavy (non-hydrogen) atoms. The normalized spacial score (nSPS) is 21.8. The molecule has 1 heterocycles. The number of nitrogens with zero attached hydrogens (tertiary/aromatic N) is 1. The monoisotopic (exact) mass is 484 g/mol. The molecular weight excluding hydrogens is 457 g/mol. The lowest BCUT2D eigenvalue weighted by atomic mass is 9.88. The molecule has 1 fully saturated rings. The summed E-state index contributed by atoms with van der Waals surface area (Å²) in [7, 11) is 0. The lowest BCUT2D eigenvalue weighted by Crippen LogP contribution is -2.39. The lowest BCUT2D eigenvalue weighted by molar-refractivity contribution is -0.137. The quantitative estimate of drug-likeness (QED) is 0.595. The van der Waals surface area contributed by atoms with E-state index in [9.17, 15) is 27.9 Å². The third kappa shape index (κ3) is 4.59. The van der Waals surface area contributed by atoms with Crippen LogP contribution in [0.2, 0.25) is 0 Å². The van der Waals surface area contributed by atoms with Gasteiger partial charge in [0.05, 0.1) is 17.4 Å². The van der Waals surface area contributed by atoms with E-state index >= 15 is 0 Å². The molecule has 2 amide bonds. The highest BCUT2D eigenvalue weighted by atomic mass is 19.4. The van der Waals surface area contributed by atoms with E-state index in [1.165, 1.54) is 17.0 Å². The van der Waals surface area contributed by atoms with Crippen LogP contribution in [0.5, 0.6) is 0 Å². The molecule has 2 aromatic carbocycles. The highest BCUT2D eigenvalue weighted by Gasteiger charge is 2.48. The molecule has 1 saturated carbocycles. The number of carbonyl (C=O) groups excluding carboxylic acids is 2. The number of rotatable bonds is 3. The van der Waals surface area contributed by atoms with Gasteiger partial charge >= 0.3 is 6.18 Å². The summed E-state index contributed by atoms with van der Waals surface area (Å²) in [5.41, 5.74) is 2.52. The zero-order chi connectivity index (χ0) is 25.0. The Kier molecular flexibility index (Phi) is 5.74. The standard InChI is InChI=1S/C27H27F3N2O3/c1-26(10-11-26)25(35)32-12-9-17(20-8-6-18(14-23(20)32)27(28,29)30)13-24(34)31-22-4-2-3-16-5-7-19(33)15-21(16)22/h2-4,6,8,13-14,19,33H,5,7,9-12,15H2,1H3,(H,31,34). The average molecular weight is 485 g/mol. The molecule has 0 saturated heterocycles. The third-order valence-electron chi connectivity index (χ3n) is 7.35. The van der Waals surface area contributed by atoms with Gasteiger partial charge < -0.3 is 15.3 Å². The molecular formula is C27H27F3N2O3. The smallest absolute Gasteiger partial charge is 0.393 e. The van der Waals surface area contributed by atoms with Gasteiger partial charge in [0.25, 0.3) is 0 Å². The van der Waals surface area contributed by atoms with Crippen LogP contribution in [0, 0.1) is 5.41 Å². The minimum absolute atomic E-state index is 0.170. The molecule has 0 spiro atoms. The van der Waals surface area contributed by atoms with Crippen LogP contribution in [-0.4, -0.2) is 29.6 Å². The van der Waals surface area contributed by atoms with Crippen LogP contribution in [-0.2, 0) is 28.6 Å². The number of hydrogen-bond donors (Lipinski definition) is 2. The fourth-order valence-electron chi connectivity index (χ4n) is 4.99. The van der Waals surface area contributed by atoms with Crippen LogP contribution in [0.1, 0.15) is 54.9 Å². The summed E-state index contributed by atoms with van der Waals surface area (Å²) in [5, 5.41) is 12.9. The van der Waals surface area contributed by atoms with Crippen molar-refractivity contribution < 1.29 is 27.9 Å². The van der Waals surface area contributed by atoms with E-state index < -0.39 is 29.2 Å². The van der Waals surface area contributed by atoms with Crippen LogP contribution in [0.25, 0.3) is 5.57 Å². The van der Waals surface area contributed by atoms with E-state index in [4.69, 9.17) is 0 Å². The second kappa shape index (κ2) is 8.52. The molecule has 2 aromatic rings. The fraction of sp³-hybridized carbons (Fsp3) is 0.407. The first-order valence-corrected chi connectivity index (χ1v) is 11.9. The van der Waals surface area contributed by atoms with E-state index in [1.54, 1.807) is 6.07 Å². The fourth-order valence-corrected chi connectivity index (χ4v) is 4.99. The molecule has 5 rings (SSSR count). The highest BCUT2D eigenvalue weighted by molar-refractivity contribution is 6.08. The Morgan fingerprint density at radius 2 is 1.94 bits per heavy atom. The number of benzene rings is 2. The maximum Gasteiger partial charge on any atom is 0.416 e. The first kappa shape index (κ1) is 23.6. The zero-order valence-electron chi connectivity index (χ0n) is 19.4. The summed E-state index contributed by atoms with van der Waals surface area (Å²) < 4.78 is 40.3. The van der Waals surface area contributed by atoms with Gasteiger partial charge in [-0.25, -0.2) is 0 Å². The minimum Gasteiger partial charge on any atom is -0.393 e. The molecule has 8 heteroatoms. The summed E-state index contributed by atoms with van der Waals surface area (Å²) in [5.74, 6) is -0.565. The molecule has 3 aliphatic rings. The topological polar surface area (TPSA) is 69.6 Å². The zero-order valence-corrected chi connectivity index (χ0v) is 19.4.